The summed E-state index contributed by atoms with van der Waals surface area (Å²) in [4.78, 5) is 22.4. The van der Waals surface area contributed by atoms with Gasteiger partial charge in [-0.25, -0.2) is 9.97 Å². The predicted octanol–water partition coefficient (Wildman–Crippen LogP) is 1.63. The second-order valence-corrected chi connectivity index (χ2v) is 5.07. The molecule has 1 atom stereocenters. The molecule has 1 heterocycles. The highest BCUT2D eigenvalue weighted by Crippen LogP contribution is 2.24. The van der Waals surface area contributed by atoms with E-state index in [1.54, 1.807) is 11.2 Å². The Morgan fingerprint density at radius 1 is 1.42 bits per heavy atom. The lowest BCUT2D eigenvalue weighted by atomic mass is 9.96. The van der Waals surface area contributed by atoms with Crippen LogP contribution in [0.5, 0.6) is 0 Å². The first-order valence-electron chi connectivity index (χ1n) is 6.97. The summed E-state index contributed by atoms with van der Waals surface area (Å²) < 4.78 is 0. The minimum absolute atomic E-state index is 0.0886. The fraction of sp³-hybridized carbons (Fsp3) is 0.643. The Morgan fingerprint density at radius 2 is 2.16 bits per heavy atom. The summed E-state index contributed by atoms with van der Waals surface area (Å²) >= 11 is 0. The van der Waals surface area contributed by atoms with E-state index in [0.717, 1.165) is 24.4 Å². The van der Waals surface area contributed by atoms with Crippen molar-refractivity contribution in [2.24, 2.45) is 0 Å². The van der Waals surface area contributed by atoms with Crippen molar-refractivity contribution in [1.29, 1.82) is 0 Å². The maximum atomic E-state index is 12.1. The van der Waals surface area contributed by atoms with Crippen LogP contribution in [0.2, 0.25) is 0 Å². The molecule has 1 aliphatic carbocycles. The second-order valence-electron chi connectivity index (χ2n) is 5.07. The summed E-state index contributed by atoms with van der Waals surface area (Å²) in [5.74, 6) is 0.917. The van der Waals surface area contributed by atoms with E-state index < -0.39 is 0 Å². The third kappa shape index (κ3) is 3.03. The van der Waals surface area contributed by atoms with E-state index in [4.69, 9.17) is 0 Å². The molecule has 0 saturated heterocycles. The number of hydrogen-bond donors (Lipinski definition) is 1. The van der Waals surface area contributed by atoms with Gasteiger partial charge in [0, 0.05) is 24.8 Å². The van der Waals surface area contributed by atoms with Gasteiger partial charge in [-0.1, -0.05) is 0 Å². The van der Waals surface area contributed by atoms with Crippen molar-refractivity contribution >= 4 is 11.7 Å². The highest BCUT2D eigenvalue weighted by atomic mass is 16.2. The summed E-state index contributed by atoms with van der Waals surface area (Å²) in [6.07, 6.45) is 5.97. The van der Waals surface area contributed by atoms with Crippen molar-refractivity contribution in [2.75, 3.05) is 18.9 Å². The van der Waals surface area contributed by atoms with Crippen LogP contribution in [0, 0.1) is 0 Å². The fourth-order valence-corrected chi connectivity index (χ4v) is 2.40. The molecule has 0 fully saturated rings. The highest BCUT2D eigenvalue weighted by molar-refractivity contribution is 5.84. The van der Waals surface area contributed by atoms with E-state index in [2.05, 4.69) is 15.3 Å². The molecule has 1 N–H and O–H groups in total. The summed E-state index contributed by atoms with van der Waals surface area (Å²) in [5.41, 5.74) is 2.32. The summed E-state index contributed by atoms with van der Waals surface area (Å²) in [5, 5.41) is 3.24. The van der Waals surface area contributed by atoms with Crippen molar-refractivity contribution in [3.63, 3.8) is 0 Å². The molecule has 0 spiro atoms. The van der Waals surface area contributed by atoms with Gasteiger partial charge in [0.05, 0.1) is 0 Å². The zero-order chi connectivity index (χ0) is 13.8. The van der Waals surface area contributed by atoms with E-state index in [9.17, 15) is 4.79 Å². The van der Waals surface area contributed by atoms with E-state index in [1.165, 1.54) is 18.4 Å². The summed E-state index contributed by atoms with van der Waals surface area (Å²) in [7, 11) is 1.82. The monoisotopic (exact) mass is 262 g/mol. The molecule has 0 saturated carbocycles. The van der Waals surface area contributed by atoms with Crippen LogP contribution >= 0.6 is 0 Å². The first kappa shape index (κ1) is 13.8. The SMILES string of the molecule is CCN(C)C(=O)C(C)Nc1ncnc2c1CCCC2. The molecule has 1 aliphatic rings. The van der Waals surface area contributed by atoms with Gasteiger partial charge in [0.1, 0.15) is 18.2 Å². The number of nitrogens with zero attached hydrogens (tertiary/aromatic N) is 3. The van der Waals surface area contributed by atoms with Gasteiger partial charge in [0.2, 0.25) is 5.91 Å². The van der Waals surface area contributed by atoms with Crippen LogP contribution < -0.4 is 5.32 Å². The number of amides is 1. The lowest BCUT2D eigenvalue weighted by Crippen LogP contribution is -2.39. The first-order chi connectivity index (χ1) is 9.13. The van der Waals surface area contributed by atoms with Gasteiger partial charge < -0.3 is 10.2 Å². The van der Waals surface area contributed by atoms with Crippen LogP contribution in [0.4, 0.5) is 5.82 Å². The molecule has 0 aromatic carbocycles. The maximum Gasteiger partial charge on any atom is 0.244 e. The first-order valence-corrected chi connectivity index (χ1v) is 6.97. The normalized spacial score (nSPS) is 15.5. The van der Waals surface area contributed by atoms with Gasteiger partial charge in [-0.2, -0.15) is 0 Å². The van der Waals surface area contributed by atoms with Crippen LogP contribution in [-0.2, 0) is 17.6 Å². The van der Waals surface area contributed by atoms with E-state index in [1.807, 2.05) is 20.9 Å². The van der Waals surface area contributed by atoms with Gasteiger partial charge in [0.15, 0.2) is 0 Å². The average Bonchev–Trinajstić information content (AvgIpc) is 2.46. The Morgan fingerprint density at radius 3 is 2.89 bits per heavy atom. The Labute approximate surface area is 114 Å². The van der Waals surface area contributed by atoms with Crippen molar-refractivity contribution < 1.29 is 4.79 Å². The molecule has 1 aromatic heterocycles. The summed E-state index contributed by atoms with van der Waals surface area (Å²) in [6, 6.07) is -0.258. The van der Waals surface area contributed by atoms with Crippen LogP contribution in [0.3, 0.4) is 0 Å². The number of aryl methyl sites for hydroxylation is 1. The number of carbonyl (C=O) groups is 1. The number of fused-ring (bicyclic) bond motifs is 1. The fourth-order valence-electron chi connectivity index (χ4n) is 2.40. The largest absolute Gasteiger partial charge is 0.358 e. The van der Waals surface area contributed by atoms with E-state index >= 15 is 0 Å². The number of aromatic nitrogens is 2. The number of carbonyl (C=O) groups excluding carboxylic acids is 1. The molecule has 5 heteroatoms. The number of hydrogen-bond acceptors (Lipinski definition) is 4. The molecule has 0 bridgehead atoms. The quantitative estimate of drug-likeness (QED) is 0.896. The molecule has 1 unspecified atom stereocenters. The molecule has 1 amide bonds. The average molecular weight is 262 g/mol. The van der Waals surface area contributed by atoms with Crippen LogP contribution in [0.25, 0.3) is 0 Å². The molecule has 1 aromatic rings. The molecule has 0 aliphatic heterocycles. The smallest absolute Gasteiger partial charge is 0.244 e. The molecule has 2 rings (SSSR count). The highest BCUT2D eigenvalue weighted by Gasteiger charge is 2.20. The number of anilines is 1. The van der Waals surface area contributed by atoms with E-state index in [0.29, 0.717) is 6.54 Å². The van der Waals surface area contributed by atoms with Gasteiger partial charge in [-0.05, 0) is 39.5 Å². The molecule has 5 nitrogen and oxygen atoms in total. The van der Waals surface area contributed by atoms with Crippen LogP contribution in [0.1, 0.15) is 37.9 Å². The Kier molecular flexibility index (Phi) is 4.35. The molecular formula is C14H22N4O. The predicted molar refractivity (Wildman–Crippen MR) is 75.1 cm³/mol. The van der Waals surface area contributed by atoms with Crippen molar-refractivity contribution in [3.8, 4) is 0 Å². The maximum absolute atomic E-state index is 12.1. The molecular weight excluding hydrogens is 240 g/mol. The van der Waals surface area contributed by atoms with Gasteiger partial charge in [-0.15, -0.1) is 0 Å². The number of rotatable bonds is 4. The lowest BCUT2D eigenvalue weighted by Gasteiger charge is -2.23. The van der Waals surface area contributed by atoms with Crippen molar-refractivity contribution in [3.05, 3.63) is 17.6 Å². The van der Waals surface area contributed by atoms with Gasteiger partial charge >= 0.3 is 0 Å². The molecule has 0 radical (unpaired) electrons. The topological polar surface area (TPSA) is 58.1 Å². The van der Waals surface area contributed by atoms with Crippen LogP contribution in [-0.4, -0.2) is 40.4 Å². The third-order valence-electron chi connectivity index (χ3n) is 3.70. The minimum atomic E-state index is -0.258. The van der Waals surface area contributed by atoms with Crippen LogP contribution in [0.15, 0.2) is 6.33 Å². The number of nitrogens with one attached hydrogen (secondary N) is 1. The zero-order valence-corrected chi connectivity index (χ0v) is 11.9. The molecule has 19 heavy (non-hydrogen) atoms. The zero-order valence-electron chi connectivity index (χ0n) is 11.9. The third-order valence-corrected chi connectivity index (χ3v) is 3.70. The Hall–Kier alpha value is -1.65. The minimum Gasteiger partial charge on any atom is -0.358 e. The molecule has 104 valence electrons. The number of likely N-dealkylation sites (N-methyl/N-ethyl adjacent to an activating group) is 1. The summed E-state index contributed by atoms with van der Waals surface area (Å²) in [6.45, 7) is 4.57. The Balaban J connectivity index is 2.13. The van der Waals surface area contributed by atoms with Gasteiger partial charge in [0.25, 0.3) is 0 Å². The van der Waals surface area contributed by atoms with Gasteiger partial charge in [-0.3, -0.25) is 4.79 Å². The van der Waals surface area contributed by atoms with Crippen molar-refractivity contribution in [2.45, 2.75) is 45.6 Å². The second kappa shape index (κ2) is 5.99. The lowest BCUT2D eigenvalue weighted by molar-refractivity contribution is -0.130. The van der Waals surface area contributed by atoms with E-state index in [-0.39, 0.29) is 11.9 Å². The Bertz CT molecular complexity index is 461. The van der Waals surface area contributed by atoms with Crippen molar-refractivity contribution in [1.82, 2.24) is 14.9 Å². The standard InChI is InChI=1S/C14H22N4O/c1-4-18(3)14(19)10(2)17-13-11-7-5-6-8-12(11)15-9-16-13/h9-10H,4-8H2,1-3H3,(H,15,16,17).